The van der Waals surface area contributed by atoms with Gasteiger partial charge in [-0.25, -0.2) is 0 Å². The van der Waals surface area contributed by atoms with Gasteiger partial charge in [0, 0.05) is 18.1 Å². The highest BCUT2D eigenvalue weighted by atomic mass is 32.2. The fraction of sp³-hybridized carbons (Fsp3) is 0.211. The van der Waals surface area contributed by atoms with E-state index < -0.39 is 11.7 Å². The molecule has 1 aliphatic heterocycles. The van der Waals surface area contributed by atoms with Gasteiger partial charge in [0.05, 0.1) is 12.7 Å². The molecule has 0 bridgehead atoms. The lowest BCUT2D eigenvalue weighted by atomic mass is 10.1. The number of alkyl halides is 3. The molecule has 0 fully saturated rings. The Bertz CT molecular complexity index is 873. The number of thioether (sulfide) groups is 1. The molecule has 2 N–H and O–H groups in total. The maximum Gasteiger partial charge on any atom is 0.416 e. The molecular formula is C19H18F3N2OS+. The van der Waals surface area contributed by atoms with E-state index in [9.17, 15) is 13.2 Å². The molecule has 26 heavy (non-hydrogen) atoms. The van der Waals surface area contributed by atoms with Crippen molar-refractivity contribution in [3.8, 4) is 5.75 Å². The maximum atomic E-state index is 12.8. The van der Waals surface area contributed by atoms with Gasteiger partial charge in [0.2, 0.25) is 11.1 Å². The van der Waals surface area contributed by atoms with Crippen molar-refractivity contribution in [3.05, 3.63) is 75.9 Å². The summed E-state index contributed by atoms with van der Waals surface area (Å²) in [6.07, 6.45) is -2.42. The summed E-state index contributed by atoms with van der Waals surface area (Å²) in [7, 11) is 1.60. The van der Waals surface area contributed by atoms with Gasteiger partial charge in [-0.2, -0.15) is 17.7 Å². The molecule has 1 atom stereocenters. The Kier molecular flexibility index (Phi) is 5.00. The first-order valence-electron chi connectivity index (χ1n) is 7.87. The van der Waals surface area contributed by atoms with Crippen LogP contribution < -0.4 is 10.5 Å². The van der Waals surface area contributed by atoms with Crippen LogP contribution in [0.2, 0.25) is 0 Å². The first-order chi connectivity index (χ1) is 12.3. The topological polar surface area (TPSA) is 38.3 Å². The van der Waals surface area contributed by atoms with E-state index in [0.717, 1.165) is 34.7 Å². The number of allylic oxidation sites excluding steroid dienone is 1. The van der Waals surface area contributed by atoms with E-state index in [-0.39, 0.29) is 5.37 Å². The van der Waals surface area contributed by atoms with Gasteiger partial charge in [-0.15, -0.1) is 0 Å². The molecule has 2 aromatic rings. The quantitative estimate of drug-likeness (QED) is 0.783. The Labute approximate surface area is 154 Å². The number of halogens is 3. The van der Waals surface area contributed by atoms with Crippen LogP contribution in [0.3, 0.4) is 0 Å². The lowest BCUT2D eigenvalue weighted by Gasteiger charge is -2.11. The van der Waals surface area contributed by atoms with E-state index in [1.165, 1.54) is 23.9 Å². The van der Waals surface area contributed by atoms with E-state index >= 15 is 0 Å². The lowest BCUT2D eigenvalue weighted by molar-refractivity contribution is -0.488. The van der Waals surface area contributed by atoms with E-state index in [2.05, 4.69) is 0 Å². The second-order valence-corrected chi connectivity index (χ2v) is 6.97. The average molecular weight is 379 g/mol. The third-order valence-electron chi connectivity index (χ3n) is 4.14. The number of nitrogens with two attached hydrogens (primary N) is 1. The summed E-state index contributed by atoms with van der Waals surface area (Å²) in [5, 5.41) is 0.428. The highest BCUT2D eigenvalue weighted by Gasteiger charge is 2.37. The van der Waals surface area contributed by atoms with Gasteiger partial charge in [0.25, 0.3) is 0 Å². The maximum absolute atomic E-state index is 12.8. The highest BCUT2D eigenvalue weighted by molar-refractivity contribution is 8.03. The molecule has 2 aromatic carbocycles. The minimum absolute atomic E-state index is 0.219. The normalized spacial score (nSPS) is 19.3. The summed E-state index contributed by atoms with van der Waals surface area (Å²) in [6, 6.07) is 12.7. The molecule has 1 unspecified atom stereocenters. The lowest BCUT2D eigenvalue weighted by Crippen LogP contribution is -2.13. The van der Waals surface area contributed by atoms with Crippen LogP contribution in [0.5, 0.6) is 5.75 Å². The van der Waals surface area contributed by atoms with Crippen LogP contribution in [0.4, 0.5) is 13.2 Å². The van der Waals surface area contributed by atoms with Crippen LogP contribution in [0.15, 0.2) is 59.3 Å². The number of ether oxygens (including phenoxy) is 1. The monoisotopic (exact) mass is 379 g/mol. The van der Waals surface area contributed by atoms with E-state index in [0.29, 0.717) is 5.03 Å². The Morgan fingerprint density at radius 2 is 1.85 bits per heavy atom. The average Bonchev–Trinajstić information content (AvgIpc) is 2.90. The van der Waals surface area contributed by atoms with Crippen LogP contribution in [0.1, 0.15) is 29.0 Å². The van der Waals surface area contributed by atoms with Crippen molar-refractivity contribution in [1.29, 1.82) is 0 Å². The zero-order valence-electron chi connectivity index (χ0n) is 14.2. The number of methoxy groups -OCH3 is 1. The number of hydrogen-bond donors (Lipinski definition) is 1. The molecule has 3 nitrogen and oxygen atoms in total. The predicted octanol–water partition coefficient (Wildman–Crippen LogP) is 4.74. The first-order valence-corrected chi connectivity index (χ1v) is 8.75. The van der Waals surface area contributed by atoms with Gasteiger partial charge in [-0.1, -0.05) is 18.2 Å². The van der Waals surface area contributed by atoms with Crippen molar-refractivity contribution in [2.45, 2.75) is 18.5 Å². The van der Waals surface area contributed by atoms with Gasteiger partial charge < -0.3 is 10.5 Å². The minimum atomic E-state index is -4.35. The van der Waals surface area contributed by atoms with Crippen molar-refractivity contribution >= 4 is 18.0 Å². The zero-order chi connectivity index (χ0) is 18.9. The number of benzene rings is 2. The standard InChI is InChI=1S/C19H18F3N2OS/c1-12-17(23)26-18(14-6-8-15(9-7-14)19(20,21)22)24(12)11-13-4-3-5-16(10-13)25-2/h3-11,18H,23H2,1-2H3/q+1. The highest BCUT2D eigenvalue weighted by Crippen LogP contribution is 2.43. The predicted molar refractivity (Wildman–Crippen MR) is 97.1 cm³/mol. The summed E-state index contributed by atoms with van der Waals surface area (Å²) >= 11 is 1.42. The molecule has 0 amide bonds. The number of rotatable bonds is 3. The molecule has 0 radical (unpaired) electrons. The minimum Gasteiger partial charge on any atom is -0.497 e. The van der Waals surface area contributed by atoms with Crippen molar-refractivity contribution < 1.29 is 22.5 Å². The Balaban J connectivity index is 1.97. The van der Waals surface area contributed by atoms with Crippen LogP contribution in [-0.2, 0) is 6.18 Å². The van der Waals surface area contributed by atoms with Crippen LogP contribution in [-0.4, -0.2) is 17.9 Å². The molecular weight excluding hydrogens is 361 g/mol. The first kappa shape index (κ1) is 18.4. The van der Waals surface area contributed by atoms with Crippen molar-refractivity contribution in [2.75, 3.05) is 7.11 Å². The Morgan fingerprint density at radius 3 is 2.46 bits per heavy atom. The molecule has 0 aliphatic carbocycles. The van der Waals surface area contributed by atoms with Crippen LogP contribution >= 0.6 is 11.8 Å². The zero-order valence-corrected chi connectivity index (χ0v) is 15.1. The molecule has 0 aromatic heterocycles. The number of hydrogen-bond acceptors (Lipinski definition) is 3. The van der Waals surface area contributed by atoms with Crippen LogP contribution in [0.25, 0.3) is 0 Å². The van der Waals surface area contributed by atoms with Crippen molar-refractivity contribution in [3.63, 3.8) is 0 Å². The fourth-order valence-electron chi connectivity index (χ4n) is 2.68. The molecule has 3 rings (SSSR count). The summed E-state index contributed by atoms with van der Waals surface area (Å²) < 4.78 is 45.6. The van der Waals surface area contributed by atoms with E-state index in [1.54, 1.807) is 7.11 Å². The van der Waals surface area contributed by atoms with Crippen LogP contribution in [0, 0.1) is 0 Å². The SMILES string of the molecule is COc1cccc(C=[N+]2C(C)=C(N)SC2c2ccc(C(F)(F)F)cc2)c1. The second kappa shape index (κ2) is 7.07. The summed E-state index contributed by atoms with van der Waals surface area (Å²) in [5.74, 6) is 0.728. The van der Waals surface area contributed by atoms with E-state index in [4.69, 9.17) is 10.5 Å². The molecule has 1 heterocycles. The second-order valence-electron chi connectivity index (χ2n) is 5.85. The summed E-state index contributed by atoms with van der Waals surface area (Å²) in [6.45, 7) is 1.89. The van der Waals surface area contributed by atoms with Crippen molar-refractivity contribution in [2.24, 2.45) is 5.73 Å². The summed E-state index contributed by atoms with van der Waals surface area (Å²) in [5.41, 5.74) is 7.95. The Hall–Kier alpha value is -2.41. The van der Waals surface area contributed by atoms with Gasteiger partial charge in [-0.3, -0.25) is 0 Å². The molecule has 136 valence electrons. The fourth-order valence-corrected chi connectivity index (χ4v) is 3.82. The third-order valence-corrected chi connectivity index (χ3v) is 5.41. The van der Waals surface area contributed by atoms with Crippen molar-refractivity contribution in [1.82, 2.24) is 0 Å². The molecule has 0 saturated heterocycles. The summed E-state index contributed by atoms with van der Waals surface area (Å²) in [4.78, 5) is 0. The number of nitrogens with zero attached hydrogens (tertiary/aromatic N) is 1. The van der Waals surface area contributed by atoms with Gasteiger partial charge >= 0.3 is 6.18 Å². The van der Waals surface area contributed by atoms with E-state index in [1.807, 2.05) is 42.0 Å². The molecule has 0 spiro atoms. The molecule has 1 aliphatic rings. The molecule has 7 heteroatoms. The van der Waals surface area contributed by atoms with Gasteiger partial charge in [-0.05, 0) is 42.1 Å². The van der Waals surface area contributed by atoms with Gasteiger partial charge in [0.15, 0.2) is 6.21 Å². The largest absolute Gasteiger partial charge is 0.497 e. The molecule has 0 saturated carbocycles. The smallest absolute Gasteiger partial charge is 0.416 e. The Morgan fingerprint density at radius 1 is 1.15 bits per heavy atom. The third kappa shape index (κ3) is 3.72. The van der Waals surface area contributed by atoms with Gasteiger partial charge in [0.1, 0.15) is 10.8 Å².